The first kappa shape index (κ1) is 46.6. The summed E-state index contributed by atoms with van der Waals surface area (Å²) < 4.78 is 134. The lowest BCUT2D eigenvalue weighted by Crippen LogP contribution is -2.61. The van der Waals surface area contributed by atoms with Gasteiger partial charge in [0.05, 0.1) is 41.6 Å². The van der Waals surface area contributed by atoms with E-state index < -0.39 is 123 Å². The first-order valence-electron chi connectivity index (χ1n) is 19.9. The highest BCUT2D eigenvalue weighted by Gasteiger charge is 2.63. The van der Waals surface area contributed by atoms with Crippen molar-refractivity contribution in [2.75, 3.05) is 13.7 Å². The number of aromatic nitrogens is 2. The third-order valence-corrected chi connectivity index (χ3v) is 13.9. The van der Waals surface area contributed by atoms with Crippen molar-refractivity contribution in [2.45, 2.75) is 138 Å². The maximum absolute atomic E-state index is 14.8. The van der Waals surface area contributed by atoms with Crippen LogP contribution in [-0.4, -0.2) is 113 Å². The van der Waals surface area contributed by atoms with Crippen LogP contribution in [0, 0.1) is 5.92 Å². The number of amides is 4. The van der Waals surface area contributed by atoms with Gasteiger partial charge in [0.1, 0.15) is 29.5 Å². The smallest absolute Gasteiger partial charge is 0.438 e. The quantitative estimate of drug-likeness (QED) is 0.228. The number of ether oxygens (including phenoxy) is 4. The number of hydrogen-bond donors (Lipinski definition) is 3. The zero-order chi connectivity index (χ0) is 45.8. The summed E-state index contributed by atoms with van der Waals surface area (Å²) >= 11 is 0. The molecule has 3 N–H and O–H groups in total. The van der Waals surface area contributed by atoms with Gasteiger partial charge in [-0.05, 0) is 78.4 Å². The molecule has 2 aliphatic carbocycles. The van der Waals surface area contributed by atoms with Crippen LogP contribution in [-0.2, 0) is 40.1 Å². The SMILES string of the molecule is CCC1OC(C)CCC=CC2CC2(C(=O)NS(=O)(=O)C2(C)CC2)NC(=O)C2CC(Oc3nc4cc(OC)ccc4nc3C(F)(F)F)CN2C(=O)C1NC(=O)OC(C)(C)C(F)(F)F. The number of carbonyl (C=O) groups excluding carboxylic acids is 4. The van der Waals surface area contributed by atoms with Crippen LogP contribution >= 0.6 is 0 Å². The molecule has 3 fully saturated rings. The summed E-state index contributed by atoms with van der Waals surface area (Å²) in [6.45, 7) is 5.19. The van der Waals surface area contributed by atoms with E-state index in [4.69, 9.17) is 18.9 Å². The summed E-state index contributed by atoms with van der Waals surface area (Å²) in [5.74, 6) is -4.73. The molecule has 4 aliphatic rings. The van der Waals surface area contributed by atoms with Gasteiger partial charge in [0.2, 0.25) is 39.0 Å². The molecule has 3 heterocycles. The molecule has 0 spiro atoms. The van der Waals surface area contributed by atoms with Gasteiger partial charge in [-0.1, -0.05) is 19.1 Å². The van der Waals surface area contributed by atoms with Crippen molar-refractivity contribution in [3.8, 4) is 11.6 Å². The first-order valence-corrected chi connectivity index (χ1v) is 21.4. The monoisotopic (exact) mass is 906 g/mol. The van der Waals surface area contributed by atoms with Gasteiger partial charge in [-0.2, -0.15) is 26.3 Å². The van der Waals surface area contributed by atoms with Crippen LogP contribution in [0.25, 0.3) is 11.0 Å². The van der Waals surface area contributed by atoms with Crippen LogP contribution in [0.4, 0.5) is 31.1 Å². The highest BCUT2D eigenvalue weighted by molar-refractivity contribution is 7.91. The number of halogens is 6. The average Bonchev–Trinajstić information content (AvgIpc) is 4.06. The number of alkyl halides is 6. The first-order chi connectivity index (χ1) is 28.7. The lowest BCUT2D eigenvalue weighted by molar-refractivity contribution is -0.244. The van der Waals surface area contributed by atoms with Gasteiger partial charge >= 0.3 is 18.4 Å². The average molecular weight is 907 g/mol. The Morgan fingerprint density at radius 3 is 2.39 bits per heavy atom. The minimum atomic E-state index is -5.11. The van der Waals surface area contributed by atoms with Crippen molar-refractivity contribution < 1.29 is 72.9 Å². The van der Waals surface area contributed by atoms with E-state index in [-0.39, 0.29) is 29.6 Å². The van der Waals surface area contributed by atoms with Gasteiger partial charge in [0.15, 0.2) is 0 Å². The summed E-state index contributed by atoms with van der Waals surface area (Å²) in [5.41, 5.74) is -6.63. The Hall–Kier alpha value is -4.93. The second-order valence-corrected chi connectivity index (χ2v) is 19.0. The second kappa shape index (κ2) is 16.6. The minimum Gasteiger partial charge on any atom is -0.497 e. The zero-order valence-corrected chi connectivity index (χ0v) is 35.4. The third-order valence-electron chi connectivity index (χ3n) is 11.7. The predicted octanol–water partition coefficient (Wildman–Crippen LogP) is 4.85. The number of rotatable bonds is 9. The van der Waals surface area contributed by atoms with Crippen LogP contribution < -0.4 is 24.8 Å². The van der Waals surface area contributed by atoms with Crippen molar-refractivity contribution in [2.24, 2.45) is 5.92 Å². The van der Waals surface area contributed by atoms with E-state index in [1.165, 1.54) is 32.2 Å². The highest BCUT2D eigenvalue weighted by Crippen LogP contribution is 2.48. The number of carbonyl (C=O) groups is 4. The maximum atomic E-state index is 14.8. The fraction of sp³-hybridized carbons (Fsp3) is 0.641. The van der Waals surface area contributed by atoms with E-state index in [0.717, 1.165) is 4.90 Å². The molecule has 2 aliphatic heterocycles. The zero-order valence-electron chi connectivity index (χ0n) is 34.6. The fourth-order valence-corrected chi connectivity index (χ4v) is 8.63. The molecule has 4 amide bonds. The summed E-state index contributed by atoms with van der Waals surface area (Å²) in [6.07, 6.45) is -11.3. The van der Waals surface area contributed by atoms with Crippen molar-refractivity contribution in [1.29, 1.82) is 0 Å². The van der Waals surface area contributed by atoms with Gasteiger partial charge < -0.3 is 34.5 Å². The highest BCUT2D eigenvalue weighted by atomic mass is 32.2. The van der Waals surface area contributed by atoms with Crippen LogP contribution in [0.2, 0.25) is 0 Å². The molecule has 2 saturated carbocycles. The second-order valence-electron chi connectivity index (χ2n) is 16.8. The molecule has 1 saturated heterocycles. The van der Waals surface area contributed by atoms with Crippen molar-refractivity contribution in [3.63, 3.8) is 0 Å². The molecule has 62 heavy (non-hydrogen) atoms. The lowest BCUT2D eigenvalue weighted by Gasteiger charge is -2.35. The third kappa shape index (κ3) is 9.52. The van der Waals surface area contributed by atoms with Crippen LogP contribution in [0.3, 0.4) is 0 Å². The van der Waals surface area contributed by atoms with Crippen LogP contribution in [0.1, 0.15) is 85.3 Å². The normalized spacial score (nSPS) is 28.1. The Morgan fingerprint density at radius 1 is 1.08 bits per heavy atom. The van der Waals surface area contributed by atoms with Gasteiger partial charge in [-0.25, -0.2) is 23.2 Å². The van der Waals surface area contributed by atoms with Crippen molar-refractivity contribution in [1.82, 2.24) is 30.2 Å². The summed E-state index contributed by atoms with van der Waals surface area (Å²) in [5, 5.41) is 4.78. The molecule has 23 heteroatoms. The standard InChI is InChI=1S/C39H48F6N6O10S/c1-7-27-28(48-34(55)61-35(3,4)39(43,44)45)32(53)51-19-23(60-31-29(38(40,41)42)46-24-13-12-22(58-6)16-25(24)47-31)17-26(51)30(52)49-37(18-21(37)11-9-8-10-20(2)59-27)33(54)50-62(56,57)36(5)14-15-36/h9,11-13,16,20-21,23,26-28H,7-8,10,14-15,17-19H2,1-6H3,(H,48,55)(H,49,52)(H,50,54). The van der Waals surface area contributed by atoms with E-state index in [9.17, 15) is 53.9 Å². The van der Waals surface area contributed by atoms with Crippen molar-refractivity contribution >= 4 is 44.9 Å². The number of allylic oxidation sites excluding steroid dienone is 1. The Bertz CT molecular complexity index is 2240. The van der Waals surface area contributed by atoms with Crippen LogP contribution in [0.5, 0.6) is 11.6 Å². The maximum Gasteiger partial charge on any atom is 0.438 e. The van der Waals surface area contributed by atoms with Gasteiger partial charge in [0, 0.05) is 18.4 Å². The Balaban J connectivity index is 1.40. The molecular weight excluding hydrogens is 859 g/mol. The Labute approximate surface area is 352 Å². The number of alkyl carbamates (subject to hydrolysis) is 1. The number of fused-ring (bicyclic) bond motifs is 3. The largest absolute Gasteiger partial charge is 0.497 e. The Morgan fingerprint density at radius 2 is 1.77 bits per heavy atom. The van der Waals surface area contributed by atoms with Crippen molar-refractivity contribution in [3.05, 3.63) is 36.0 Å². The van der Waals surface area contributed by atoms with E-state index in [1.807, 2.05) is 0 Å². The Kier molecular flexibility index (Phi) is 12.5. The summed E-state index contributed by atoms with van der Waals surface area (Å²) in [7, 11) is -2.88. The topological polar surface area (TPSA) is 204 Å². The summed E-state index contributed by atoms with van der Waals surface area (Å²) in [6, 6.07) is 0.398. The number of nitrogens with one attached hydrogen (secondary N) is 3. The minimum absolute atomic E-state index is 0.0198. The molecule has 7 unspecified atom stereocenters. The number of methoxy groups -OCH3 is 1. The molecule has 1 aromatic carbocycles. The number of benzene rings is 1. The van der Waals surface area contributed by atoms with Gasteiger partial charge in [-0.15, -0.1) is 0 Å². The molecule has 0 bridgehead atoms. The van der Waals surface area contributed by atoms with Gasteiger partial charge in [-0.3, -0.25) is 19.1 Å². The molecule has 342 valence electrons. The molecule has 2 aromatic rings. The van der Waals surface area contributed by atoms with Crippen LogP contribution in [0.15, 0.2) is 30.4 Å². The lowest BCUT2D eigenvalue weighted by atomic mass is 10.0. The molecule has 7 atom stereocenters. The predicted molar refractivity (Wildman–Crippen MR) is 206 cm³/mol. The molecule has 16 nitrogen and oxygen atoms in total. The fourth-order valence-electron chi connectivity index (χ4n) is 7.32. The van der Waals surface area contributed by atoms with E-state index in [1.54, 1.807) is 26.0 Å². The number of nitrogens with zero attached hydrogens (tertiary/aromatic N) is 3. The molecular formula is C39H48F6N6O10S. The molecule has 1 aromatic heterocycles. The van der Waals surface area contributed by atoms with Gasteiger partial charge in [0.25, 0.3) is 5.91 Å². The van der Waals surface area contributed by atoms with E-state index in [0.29, 0.717) is 39.5 Å². The van der Waals surface area contributed by atoms with E-state index in [2.05, 4.69) is 25.3 Å². The molecule has 0 radical (unpaired) electrons. The number of hydrogen-bond acceptors (Lipinski definition) is 12. The van der Waals surface area contributed by atoms with E-state index >= 15 is 0 Å². The summed E-state index contributed by atoms with van der Waals surface area (Å²) in [4.78, 5) is 65.0. The molecule has 6 rings (SSSR count). The number of sulfonamides is 1.